The lowest BCUT2D eigenvalue weighted by Crippen LogP contribution is -1.99. The van der Waals surface area contributed by atoms with Gasteiger partial charge in [-0.2, -0.15) is 0 Å². The Hall–Kier alpha value is -1.09. The van der Waals surface area contributed by atoms with E-state index in [1.807, 2.05) is 31.2 Å². The minimum absolute atomic E-state index is 0.0743. The molecule has 0 heterocycles. The molecule has 1 aromatic carbocycles. The highest BCUT2D eigenvalue weighted by Crippen LogP contribution is 2.19. The second kappa shape index (κ2) is 5.60. The van der Waals surface area contributed by atoms with E-state index in [0.717, 1.165) is 5.56 Å². The van der Waals surface area contributed by atoms with Crippen molar-refractivity contribution >= 4 is 0 Å². The van der Waals surface area contributed by atoms with Crippen LogP contribution in [0.2, 0.25) is 0 Å². The van der Waals surface area contributed by atoms with Crippen LogP contribution in [-0.4, -0.2) is 20.4 Å². The first-order valence-corrected chi connectivity index (χ1v) is 4.59. The van der Waals surface area contributed by atoms with Crippen LogP contribution in [0.15, 0.2) is 24.3 Å². The molecule has 0 bridgehead atoms. The fraction of sp³-hybridized carbons (Fsp3) is 0.455. The van der Waals surface area contributed by atoms with Crippen molar-refractivity contribution in [2.45, 2.75) is 13.0 Å². The summed E-state index contributed by atoms with van der Waals surface area (Å²) in [6.07, 6.45) is 0.0743. The third-order valence-corrected chi connectivity index (χ3v) is 2.05. The minimum atomic E-state index is -0.462. The summed E-state index contributed by atoms with van der Waals surface area (Å²) in [5.74, 6) is 0.690. The fourth-order valence-corrected chi connectivity index (χ4v) is 1.13. The largest absolute Gasteiger partial charge is 0.491 e. The van der Waals surface area contributed by atoms with Crippen molar-refractivity contribution in [3.63, 3.8) is 0 Å². The molecule has 78 valence electrons. The Labute approximate surface area is 83.6 Å². The van der Waals surface area contributed by atoms with Gasteiger partial charge in [-0.1, -0.05) is 12.1 Å². The molecule has 0 N–H and O–H groups in total. The average Bonchev–Trinajstić information content (AvgIpc) is 2.26. The van der Waals surface area contributed by atoms with Gasteiger partial charge in [-0.15, -0.1) is 0 Å². The lowest BCUT2D eigenvalue weighted by Gasteiger charge is -2.10. The van der Waals surface area contributed by atoms with Crippen LogP contribution in [0, 0.1) is 0 Å². The molecule has 0 saturated carbocycles. The third-order valence-electron chi connectivity index (χ3n) is 2.05. The maximum atomic E-state index is 11.8. The van der Waals surface area contributed by atoms with E-state index in [4.69, 9.17) is 9.47 Å². The van der Waals surface area contributed by atoms with Crippen molar-refractivity contribution in [1.82, 2.24) is 0 Å². The number of alkyl halides is 1. The lowest BCUT2D eigenvalue weighted by molar-refractivity contribution is 0.119. The normalized spacial score (nSPS) is 12.5. The minimum Gasteiger partial charge on any atom is -0.491 e. The first kappa shape index (κ1) is 11.0. The molecule has 0 fully saturated rings. The van der Waals surface area contributed by atoms with Gasteiger partial charge in [0.15, 0.2) is 0 Å². The van der Waals surface area contributed by atoms with E-state index in [2.05, 4.69) is 0 Å². The molecular formula is C11H15FO2. The highest BCUT2D eigenvalue weighted by atomic mass is 19.1. The van der Waals surface area contributed by atoms with Crippen molar-refractivity contribution < 1.29 is 13.9 Å². The Morgan fingerprint density at radius 1 is 1.29 bits per heavy atom. The summed E-state index contributed by atoms with van der Waals surface area (Å²) in [6.45, 7) is 1.62. The van der Waals surface area contributed by atoms with Gasteiger partial charge in [-0.3, -0.25) is 0 Å². The zero-order chi connectivity index (χ0) is 10.4. The van der Waals surface area contributed by atoms with Crippen molar-refractivity contribution in [1.29, 1.82) is 0 Å². The van der Waals surface area contributed by atoms with Crippen molar-refractivity contribution in [3.8, 4) is 5.75 Å². The smallest absolute Gasteiger partial charge is 0.123 e. The van der Waals surface area contributed by atoms with Crippen LogP contribution in [-0.2, 0) is 4.74 Å². The SMILES string of the molecule is CO[C@@H](C)c1ccc(OCCF)cc1. The van der Waals surface area contributed by atoms with E-state index < -0.39 is 6.67 Å². The Bertz CT molecular complexity index is 258. The van der Waals surface area contributed by atoms with Crippen molar-refractivity contribution in [3.05, 3.63) is 29.8 Å². The van der Waals surface area contributed by atoms with Crippen LogP contribution in [0.4, 0.5) is 4.39 Å². The number of methoxy groups -OCH3 is 1. The third kappa shape index (κ3) is 3.00. The van der Waals surface area contributed by atoms with Crippen LogP contribution < -0.4 is 4.74 Å². The summed E-state index contributed by atoms with van der Waals surface area (Å²) in [4.78, 5) is 0. The summed E-state index contributed by atoms with van der Waals surface area (Å²) in [5.41, 5.74) is 1.08. The van der Waals surface area contributed by atoms with E-state index in [-0.39, 0.29) is 12.7 Å². The Morgan fingerprint density at radius 2 is 1.93 bits per heavy atom. The van der Waals surface area contributed by atoms with Gasteiger partial charge in [0.1, 0.15) is 19.0 Å². The number of ether oxygens (including phenoxy) is 2. The van der Waals surface area contributed by atoms with Crippen LogP contribution in [0.5, 0.6) is 5.75 Å². The first-order chi connectivity index (χ1) is 6.77. The Kier molecular flexibility index (Phi) is 4.40. The zero-order valence-corrected chi connectivity index (χ0v) is 8.50. The number of rotatable bonds is 5. The van der Waals surface area contributed by atoms with Gasteiger partial charge in [0.05, 0.1) is 6.10 Å². The van der Waals surface area contributed by atoms with E-state index in [1.54, 1.807) is 7.11 Å². The van der Waals surface area contributed by atoms with Crippen LogP contribution in [0.3, 0.4) is 0 Å². The molecule has 0 aliphatic heterocycles. The Morgan fingerprint density at radius 3 is 2.43 bits per heavy atom. The van der Waals surface area contributed by atoms with Crippen LogP contribution >= 0.6 is 0 Å². The summed E-state index contributed by atoms with van der Waals surface area (Å²) >= 11 is 0. The molecule has 0 unspecified atom stereocenters. The van der Waals surface area contributed by atoms with E-state index in [1.165, 1.54) is 0 Å². The van der Waals surface area contributed by atoms with Gasteiger partial charge in [-0.05, 0) is 24.6 Å². The summed E-state index contributed by atoms with van der Waals surface area (Å²) in [5, 5.41) is 0. The summed E-state index contributed by atoms with van der Waals surface area (Å²) in [7, 11) is 1.66. The fourth-order valence-electron chi connectivity index (χ4n) is 1.13. The number of hydrogen-bond donors (Lipinski definition) is 0. The summed E-state index contributed by atoms with van der Waals surface area (Å²) in [6, 6.07) is 7.48. The monoisotopic (exact) mass is 198 g/mol. The molecule has 3 heteroatoms. The van der Waals surface area contributed by atoms with Crippen molar-refractivity contribution in [2.24, 2.45) is 0 Å². The zero-order valence-electron chi connectivity index (χ0n) is 8.50. The lowest BCUT2D eigenvalue weighted by atomic mass is 10.1. The molecule has 1 aromatic rings. The number of hydrogen-bond acceptors (Lipinski definition) is 2. The average molecular weight is 198 g/mol. The predicted octanol–water partition coefficient (Wildman–Crippen LogP) is 2.74. The van der Waals surface area contributed by atoms with Gasteiger partial charge in [-0.25, -0.2) is 4.39 Å². The standard InChI is InChI=1S/C11H15FO2/c1-9(13-2)10-3-5-11(6-4-10)14-8-7-12/h3-6,9H,7-8H2,1-2H3/t9-/m0/s1. The van der Waals surface area contributed by atoms with Gasteiger partial charge in [0.25, 0.3) is 0 Å². The van der Waals surface area contributed by atoms with Gasteiger partial charge in [0.2, 0.25) is 0 Å². The molecule has 0 aromatic heterocycles. The molecule has 0 spiro atoms. The number of benzene rings is 1. The van der Waals surface area contributed by atoms with E-state index in [9.17, 15) is 4.39 Å². The topological polar surface area (TPSA) is 18.5 Å². The molecule has 0 aliphatic rings. The molecule has 0 radical (unpaired) electrons. The molecule has 14 heavy (non-hydrogen) atoms. The van der Waals surface area contributed by atoms with Crippen LogP contribution in [0.25, 0.3) is 0 Å². The van der Waals surface area contributed by atoms with Gasteiger partial charge in [0, 0.05) is 7.11 Å². The van der Waals surface area contributed by atoms with Gasteiger partial charge < -0.3 is 9.47 Å². The maximum absolute atomic E-state index is 11.8. The summed E-state index contributed by atoms with van der Waals surface area (Å²) < 4.78 is 22.1. The van der Waals surface area contributed by atoms with E-state index in [0.29, 0.717) is 5.75 Å². The Balaban J connectivity index is 2.59. The predicted molar refractivity (Wildman–Crippen MR) is 53.3 cm³/mol. The van der Waals surface area contributed by atoms with E-state index >= 15 is 0 Å². The molecule has 0 aliphatic carbocycles. The van der Waals surface area contributed by atoms with Crippen LogP contribution in [0.1, 0.15) is 18.6 Å². The second-order valence-corrected chi connectivity index (χ2v) is 2.98. The highest BCUT2D eigenvalue weighted by molar-refractivity contribution is 5.28. The molecule has 1 rings (SSSR count). The molecule has 2 nitrogen and oxygen atoms in total. The quantitative estimate of drug-likeness (QED) is 0.724. The molecule has 0 saturated heterocycles. The van der Waals surface area contributed by atoms with Crippen molar-refractivity contribution in [2.75, 3.05) is 20.4 Å². The first-order valence-electron chi connectivity index (χ1n) is 4.59. The van der Waals surface area contributed by atoms with Gasteiger partial charge >= 0.3 is 0 Å². The molecule has 0 amide bonds. The molecular weight excluding hydrogens is 183 g/mol. The highest BCUT2D eigenvalue weighted by Gasteiger charge is 2.02. The maximum Gasteiger partial charge on any atom is 0.123 e. The second-order valence-electron chi connectivity index (χ2n) is 2.98. The molecule has 1 atom stereocenters. The number of halogens is 1.